The van der Waals surface area contributed by atoms with Gasteiger partial charge in [-0.1, -0.05) is 12.1 Å². The van der Waals surface area contributed by atoms with Crippen LogP contribution in [-0.4, -0.2) is 19.0 Å². The standard InChI is InChI=1S/C15H13F4N3S/c16-12-5-1-4-11(15(17,18)19)13(12)22(14-20-6-7-21-14)9-10-3-2-8-23-10/h1-5,8H,6-7,9H2,(H,20,21). The normalized spacial score (nSPS) is 14.5. The van der Waals surface area contributed by atoms with Crippen molar-refractivity contribution in [3.8, 4) is 0 Å². The second-order valence-corrected chi connectivity index (χ2v) is 5.96. The first-order chi connectivity index (χ1) is 11.0. The summed E-state index contributed by atoms with van der Waals surface area (Å²) in [6.07, 6.45) is -4.65. The number of hydrogen-bond acceptors (Lipinski definition) is 4. The summed E-state index contributed by atoms with van der Waals surface area (Å²) in [5.41, 5.74) is -1.51. The summed E-state index contributed by atoms with van der Waals surface area (Å²) >= 11 is 1.40. The Hall–Kier alpha value is -2.09. The number of anilines is 1. The van der Waals surface area contributed by atoms with Crippen molar-refractivity contribution in [2.45, 2.75) is 12.7 Å². The van der Waals surface area contributed by atoms with Crippen molar-refractivity contribution in [3.63, 3.8) is 0 Å². The lowest BCUT2D eigenvalue weighted by molar-refractivity contribution is -0.137. The Morgan fingerprint density at radius 3 is 2.65 bits per heavy atom. The summed E-state index contributed by atoms with van der Waals surface area (Å²) in [6.45, 7) is 1.09. The van der Waals surface area contributed by atoms with Crippen LogP contribution < -0.4 is 10.2 Å². The average molecular weight is 343 g/mol. The number of guanidine groups is 1. The lowest BCUT2D eigenvalue weighted by Gasteiger charge is -2.27. The van der Waals surface area contributed by atoms with Gasteiger partial charge < -0.3 is 10.2 Å². The smallest absolute Gasteiger partial charge is 0.354 e. The summed E-state index contributed by atoms with van der Waals surface area (Å²) in [6, 6.07) is 6.57. The molecule has 3 rings (SSSR count). The molecule has 1 N–H and O–H groups in total. The van der Waals surface area contributed by atoms with E-state index in [4.69, 9.17) is 0 Å². The van der Waals surface area contributed by atoms with Gasteiger partial charge in [0.1, 0.15) is 5.82 Å². The van der Waals surface area contributed by atoms with Crippen molar-refractivity contribution in [2.24, 2.45) is 4.99 Å². The van der Waals surface area contributed by atoms with Gasteiger partial charge in [0, 0.05) is 11.4 Å². The number of nitrogens with one attached hydrogen (secondary N) is 1. The second kappa shape index (κ2) is 6.19. The third-order valence-corrected chi connectivity index (χ3v) is 4.23. The van der Waals surface area contributed by atoms with E-state index in [9.17, 15) is 17.6 Å². The van der Waals surface area contributed by atoms with Gasteiger partial charge in [-0.2, -0.15) is 13.2 Å². The van der Waals surface area contributed by atoms with Crippen LogP contribution >= 0.6 is 11.3 Å². The Labute approximate surface area is 134 Å². The Morgan fingerprint density at radius 2 is 2.04 bits per heavy atom. The Morgan fingerprint density at radius 1 is 1.22 bits per heavy atom. The van der Waals surface area contributed by atoms with E-state index in [0.29, 0.717) is 13.1 Å². The number of para-hydroxylation sites is 1. The highest BCUT2D eigenvalue weighted by atomic mass is 32.1. The van der Waals surface area contributed by atoms with Gasteiger partial charge in [0.2, 0.25) is 0 Å². The van der Waals surface area contributed by atoms with Crippen LogP contribution in [0.3, 0.4) is 0 Å². The lowest BCUT2D eigenvalue weighted by Crippen LogP contribution is -2.39. The molecule has 0 spiro atoms. The van der Waals surface area contributed by atoms with Gasteiger partial charge in [0.25, 0.3) is 0 Å². The zero-order chi connectivity index (χ0) is 16.4. The fourth-order valence-electron chi connectivity index (χ4n) is 2.40. The molecule has 0 unspecified atom stereocenters. The summed E-state index contributed by atoms with van der Waals surface area (Å²) in [5.74, 6) is -0.665. The molecular formula is C15H13F4N3S. The number of hydrogen-bond donors (Lipinski definition) is 1. The highest BCUT2D eigenvalue weighted by molar-refractivity contribution is 7.09. The average Bonchev–Trinajstić information content (AvgIpc) is 3.17. The fraction of sp³-hybridized carbons (Fsp3) is 0.267. The first-order valence-electron chi connectivity index (χ1n) is 6.91. The van der Waals surface area contributed by atoms with Crippen LogP contribution in [0.15, 0.2) is 40.7 Å². The highest BCUT2D eigenvalue weighted by Gasteiger charge is 2.37. The highest BCUT2D eigenvalue weighted by Crippen LogP contribution is 2.39. The summed E-state index contributed by atoms with van der Waals surface area (Å²) in [7, 11) is 0. The molecule has 23 heavy (non-hydrogen) atoms. The number of alkyl halides is 3. The van der Waals surface area contributed by atoms with Crippen LogP contribution in [0, 0.1) is 5.82 Å². The molecule has 0 saturated heterocycles. The number of aliphatic imine (C=N–C) groups is 1. The van der Waals surface area contributed by atoms with Gasteiger partial charge >= 0.3 is 6.18 Å². The van der Waals surface area contributed by atoms with Crippen molar-refractivity contribution < 1.29 is 17.6 Å². The predicted octanol–water partition coefficient (Wildman–Crippen LogP) is 3.87. The van der Waals surface area contributed by atoms with E-state index < -0.39 is 23.2 Å². The molecule has 8 heteroatoms. The maximum atomic E-state index is 14.3. The monoisotopic (exact) mass is 343 g/mol. The minimum Gasteiger partial charge on any atom is -0.354 e. The Bertz CT molecular complexity index is 710. The van der Waals surface area contributed by atoms with Crippen molar-refractivity contribution in [2.75, 3.05) is 18.0 Å². The van der Waals surface area contributed by atoms with Crippen LogP contribution in [0.4, 0.5) is 23.2 Å². The molecule has 0 radical (unpaired) electrons. The third-order valence-electron chi connectivity index (χ3n) is 3.37. The van der Waals surface area contributed by atoms with Crippen LogP contribution in [0.2, 0.25) is 0 Å². The quantitative estimate of drug-likeness (QED) is 0.857. The van der Waals surface area contributed by atoms with Gasteiger partial charge in [0.15, 0.2) is 5.96 Å². The van der Waals surface area contributed by atoms with E-state index >= 15 is 0 Å². The molecule has 0 aliphatic carbocycles. The molecule has 0 atom stereocenters. The molecule has 2 heterocycles. The van der Waals surface area contributed by atoms with Crippen molar-refractivity contribution in [3.05, 3.63) is 52.0 Å². The minimum atomic E-state index is -4.65. The second-order valence-electron chi connectivity index (χ2n) is 4.93. The Kier molecular flexibility index (Phi) is 4.25. The topological polar surface area (TPSA) is 27.6 Å². The van der Waals surface area contributed by atoms with E-state index in [0.717, 1.165) is 23.1 Å². The molecule has 1 aliphatic heterocycles. The number of nitrogens with zero attached hydrogens (tertiary/aromatic N) is 2. The molecule has 2 aromatic rings. The maximum Gasteiger partial charge on any atom is 0.418 e. The van der Waals surface area contributed by atoms with E-state index in [2.05, 4.69) is 10.3 Å². The first-order valence-corrected chi connectivity index (χ1v) is 7.79. The Balaban J connectivity index is 2.09. The number of benzene rings is 1. The molecule has 0 fully saturated rings. The number of thiophene rings is 1. The van der Waals surface area contributed by atoms with Gasteiger partial charge in [-0.25, -0.2) is 4.39 Å². The fourth-order valence-corrected chi connectivity index (χ4v) is 3.10. The largest absolute Gasteiger partial charge is 0.418 e. The molecule has 122 valence electrons. The number of rotatable bonds is 3. The van der Waals surface area contributed by atoms with Crippen molar-refractivity contribution in [1.82, 2.24) is 5.32 Å². The summed E-state index contributed by atoms with van der Waals surface area (Å²) < 4.78 is 54.2. The molecule has 0 amide bonds. The lowest BCUT2D eigenvalue weighted by atomic mass is 10.1. The van der Waals surface area contributed by atoms with E-state index in [1.165, 1.54) is 16.2 Å². The van der Waals surface area contributed by atoms with Crippen molar-refractivity contribution >= 4 is 23.0 Å². The van der Waals surface area contributed by atoms with Crippen LogP contribution in [0.1, 0.15) is 10.4 Å². The molecular weight excluding hydrogens is 330 g/mol. The zero-order valence-electron chi connectivity index (χ0n) is 11.9. The predicted molar refractivity (Wildman–Crippen MR) is 82.2 cm³/mol. The molecule has 1 aromatic heterocycles. The minimum absolute atomic E-state index is 0.119. The van der Waals surface area contributed by atoms with Gasteiger partial charge in [-0.05, 0) is 23.6 Å². The first kappa shape index (κ1) is 15.8. The van der Waals surface area contributed by atoms with Crippen LogP contribution in [0.25, 0.3) is 0 Å². The van der Waals surface area contributed by atoms with Crippen molar-refractivity contribution in [1.29, 1.82) is 0 Å². The van der Waals surface area contributed by atoms with Crippen LogP contribution in [0.5, 0.6) is 0 Å². The van der Waals surface area contributed by atoms with E-state index in [1.807, 2.05) is 5.38 Å². The van der Waals surface area contributed by atoms with Crippen LogP contribution in [-0.2, 0) is 12.7 Å². The molecule has 0 saturated carbocycles. The van der Waals surface area contributed by atoms with Gasteiger partial charge in [0.05, 0.1) is 24.3 Å². The molecule has 3 nitrogen and oxygen atoms in total. The number of halogens is 4. The SMILES string of the molecule is Fc1cccc(C(F)(F)F)c1N(Cc1cccs1)C1=NCCN1. The van der Waals surface area contributed by atoms with E-state index in [1.54, 1.807) is 12.1 Å². The summed E-state index contributed by atoms with van der Waals surface area (Å²) in [5, 5.41) is 4.74. The summed E-state index contributed by atoms with van der Waals surface area (Å²) in [4.78, 5) is 6.24. The van der Waals surface area contributed by atoms with Gasteiger partial charge in [-0.3, -0.25) is 4.99 Å². The molecule has 1 aliphatic rings. The molecule has 1 aromatic carbocycles. The van der Waals surface area contributed by atoms with Gasteiger partial charge in [-0.15, -0.1) is 11.3 Å². The third kappa shape index (κ3) is 3.31. The maximum absolute atomic E-state index is 14.3. The van der Waals surface area contributed by atoms with E-state index in [-0.39, 0.29) is 12.5 Å². The zero-order valence-corrected chi connectivity index (χ0v) is 12.7. The molecule has 0 bridgehead atoms.